The highest BCUT2D eigenvalue weighted by Gasteiger charge is 2.18. The van der Waals surface area contributed by atoms with Crippen molar-refractivity contribution in [3.8, 4) is 5.75 Å². The van der Waals surface area contributed by atoms with Crippen LogP contribution in [0.2, 0.25) is 0 Å². The van der Waals surface area contributed by atoms with Crippen molar-refractivity contribution in [2.24, 2.45) is 0 Å². The van der Waals surface area contributed by atoms with Gasteiger partial charge in [0.2, 0.25) is 5.91 Å². The van der Waals surface area contributed by atoms with Crippen LogP contribution in [0.15, 0.2) is 48.5 Å². The molecule has 0 spiro atoms. The Balaban J connectivity index is 1.39. The van der Waals surface area contributed by atoms with E-state index in [1.165, 1.54) is 18.1 Å². The average Bonchev–Trinajstić information content (AvgIpc) is 2.72. The molecule has 0 aromatic heterocycles. The second kappa shape index (κ2) is 11.0. The molecule has 3 rings (SSSR count). The minimum absolute atomic E-state index is 0.0190. The van der Waals surface area contributed by atoms with E-state index in [1.807, 2.05) is 24.3 Å². The zero-order valence-electron chi connectivity index (χ0n) is 17.1. The predicted molar refractivity (Wildman–Crippen MR) is 114 cm³/mol. The fraction of sp³-hybridized carbons (Fsp3) is 0.435. The Labute approximate surface area is 172 Å². The Kier molecular flexibility index (Phi) is 8.04. The lowest BCUT2D eigenvalue weighted by Gasteiger charge is -2.30. The van der Waals surface area contributed by atoms with Crippen LogP contribution in [0.3, 0.4) is 0 Å². The van der Waals surface area contributed by atoms with E-state index in [4.69, 9.17) is 4.74 Å². The second-order valence-electron chi connectivity index (χ2n) is 7.53. The minimum Gasteiger partial charge on any atom is -0.491 e. The third-order valence-corrected chi connectivity index (χ3v) is 5.02. The number of rotatable bonds is 10. The molecule has 1 amide bonds. The zero-order valence-corrected chi connectivity index (χ0v) is 17.1. The smallest absolute Gasteiger partial charge is 0.216 e. The first-order valence-corrected chi connectivity index (χ1v) is 10.2. The molecule has 0 aliphatic carbocycles. The van der Waals surface area contributed by atoms with Gasteiger partial charge < -0.3 is 20.5 Å². The SMILES string of the molecule is CC(=O)NCCNCc1cccc(OCC(O)CN2CCc3ccccc3C2)c1. The Hall–Kier alpha value is -2.41. The van der Waals surface area contributed by atoms with Gasteiger partial charge in [-0.1, -0.05) is 36.4 Å². The first-order valence-electron chi connectivity index (χ1n) is 10.2. The van der Waals surface area contributed by atoms with Gasteiger partial charge in [0.25, 0.3) is 0 Å². The Morgan fingerprint density at radius 1 is 1.17 bits per heavy atom. The van der Waals surface area contributed by atoms with Crippen LogP contribution >= 0.6 is 0 Å². The molecular weight excluding hydrogens is 366 g/mol. The fourth-order valence-electron chi connectivity index (χ4n) is 3.56. The molecule has 0 saturated carbocycles. The van der Waals surface area contributed by atoms with Crippen LogP contribution in [0, 0.1) is 0 Å². The zero-order chi connectivity index (χ0) is 20.5. The first-order chi connectivity index (χ1) is 14.1. The molecule has 1 unspecified atom stereocenters. The quantitative estimate of drug-likeness (QED) is 0.533. The number of carbonyl (C=O) groups excluding carboxylic acids is 1. The lowest BCUT2D eigenvalue weighted by atomic mass is 10.00. The molecule has 6 nitrogen and oxygen atoms in total. The van der Waals surface area contributed by atoms with E-state index in [1.54, 1.807) is 0 Å². The summed E-state index contributed by atoms with van der Waals surface area (Å²) in [5, 5.41) is 16.5. The third-order valence-electron chi connectivity index (χ3n) is 5.02. The van der Waals surface area contributed by atoms with Crippen molar-refractivity contribution < 1.29 is 14.6 Å². The number of carbonyl (C=O) groups is 1. The molecule has 156 valence electrons. The molecule has 1 atom stereocenters. The maximum absolute atomic E-state index is 10.8. The van der Waals surface area contributed by atoms with Crippen LogP contribution in [0.25, 0.3) is 0 Å². The molecule has 0 bridgehead atoms. The van der Waals surface area contributed by atoms with Gasteiger partial charge in [0.15, 0.2) is 0 Å². The van der Waals surface area contributed by atoms with E-state index >= 15 is 0 Å². The van der Waals surface area contributed by atoms with E-state index in [0.29, 0.717) is 26.2 Å². The van der Waals surface area contributed by atoms with Crippen LogP contribution in [-0.2, 0) is 24.3 Å². The highest BCUT2D eigenvalue weighted by atomic mass is 16.5. The number of fused-ring (bicyclic) bond motifs is 1. The van der Waals surface area contributed by atoms with Crippen molar-refractivity contribution in [3.63, 3.8) is 0 Å². The van der Waals surface area contributed by atoms with Gasteiger partial charge in [-0.2, -0.15) is 0 Å². The Bertz CT molecular complexity index is 796. The van der Waals surface area contributed by atoms with Crippen molar-refractivity contribution in [3.05, 3.63) is 65.2 Å². The lowest BCUT2D eigenvalue weighted by Crippen LogP contribution is -2.38. The molecule has 0 saturated heterocycles. The van der Waals surface area contributed by atoms with Crippen molar-refractivity contribution in [2.75, 3.05) is 32.8 Å². The number of amides is 1. The summed E-state index contributed by atoms with van der Waals surface area (Å²) in [6, 6.07) is 16.4. The van der Waals surface area contributed by atoms with Crippen molar-refractivity contribution >= 4 is 5.91 Å². The normalized spacial score (nSPS) is 14.8. The molecule has 0 radical (unpaired) electrons. The molecule has 2 aromatic rings. The summed E-state index contributed by atoms with van der Waals surface area (Å²) in [5.74, 6) is 0.740. The van der Waals surface area contributed by atoms with Gasteiger partial charge in [0.05, 0.1) is 0 Å². The molecule has 1 heterocycles. The number of nitrogens with one attached hydrogen (secondary N) is 2. The van der Waals surface area contributed by atoms with Crippen LogP contribution in [0.1, 0.15) is 23.6 Å². The van der Waals surface area contributed by atoms with Crippen LogP contribution in [-0.4, -0.2) is 54.8 Å². The summed E-state index contributed by atoms with van der Waals surface area (Å²) >= 11 is 0. The molecule has 3 N–H and O–H groups in total. The van der Waals surface area contributed by atoms with E-state index in [-0.39, 0.29) is 12.5 Å². The number of β-amino-alcohol motifs (C(OH)–C–C–N with tert-alkyl or cyclic N) is 1. The van der Waals surface area contributed by atoms with Gasteiger partial charge in [-0.15, -0.1) is 0 Å². The number of ether oxygens (including phenoxy) is 1. The monoisotopic (exact) mass is 397 g/mol. The van der Waals surface area contributed by atoms with E-state index in [0.717, 1.165) is 30.8 Å². The van der Waals surface area contributed by atoms with E-state index in [2.05, 4.69) is 39.8 Å². The van der Waals surface area contributed by atoms with Gasteiger partial charge in [-0.3, -0.25) is 9.69 Å². The highest BCUT2D eigenvalue weighted by Crippen LogP contribution is 2.19. The maximum Gasteiger partial charge on any atom is 0.216 e. The summed E-state index contributed by atoms with van der Waals surface area (Å²) in [6.45, 7) is 6.27. The summed E-state index contributed by atoms with van der Waals surface area (Å²) < 4.78 is 5.82. The standard InChI is InChI=1S/C23H31N3O3/c1-18(27)25-11-10-24-14-19-5-4-8-23(13-19)29-17-22(28)16-26-12-9-20-6-2-3-7-21(20)15-26/h2-8,13,22,24,28H,9-12,14-17H2,1H3,(H,25,27). The highest BCUT2D eigenvalue weighted by molar-refractivity contribution is 5.72. The van der Waals surface area contributed by atoms with Crippen LogP contribution in [0.4, 0.5) is 0 Å². The molecular formula is C23H31N3O3. The van der Waals surface area contributed by atoms with Crippen LogP contribution in [0.5, 0.6) is 5.75 Å². The maximum atomic E-state index is 10.8. The number of aliphatic hydroxyl groups excluding tert-OH is 1. The molecule has 2 aromatic carbocycles. The number of aliphatic hydroxyl groups is 1. The lowest BCUT2D eigenvalue weighted by molar-refractivity contribution is -0.118. The van der Waals surface area contributed by atoms with E-state index in [9.17, 15) is 9.90 Å². The number of nitrogens with zero attached hydrogens (tertiary/aromatic N) is 1. The Morgan fingerprint density at radius 2 is 2.00 bits per heavy atom. The summed E-state index contributed by atoms with van der Waals surface area (Å²) in [5.41, 5.74) is 3.87. The average molecular weight is 398 g/mol. The number of benzene rings is 2. The van der Waals surface area contributed by atoms with Crippen molar-refractivity contribution in [1.82, 2.24) is 15.5 Å². The van der Waals surface area contributed by atoms with Crippen LogP contribution < -0.4 is 15.4 Å². The minimum atomic E-state index is -0.528. The largest absolute Gasteiger partial charge is 0.491 e. The molecule has 1 aliphatic rings. The van der Waals surface area contributed by atoms with Gasteiger partial charge >= 0.3 is 0 Å². The van der Waals surface area contributed by atoms with Gasteiger partial charge in [-0.25, -0.2) is 0 Å². The van der Waals surface area contributed by atoms with Crippen molar-refractivity contribution in [1.29, 1.82) is 0 Å². The summed E-state index contributed by atoms with van der Waals surface area (Å²) in [7, 11) is 0. The number of hydrogen-bond donors (Lipinski definition) is 3. The van der Waals surface area contributed by atoms with Gasteiger partial charge in [0, 0.05) is 46.2 Å². The van der Waals surface area contributed by atoms with Gasteiger partial charge in [-0.05, 0) is 35.2 Å². The Morgan fingerprint density at radius 3 is 2.83 bits per heavy atom. The fourth-order valence-corrected chi connectivity index (χ4v) is 3.56. The topological polar surface area (TPSA) is 73.8 Å². The number of hydrogen-bond acceptors (Lipinski definition) is 5. The molecule has 1 aliphatic heterocycles. The first kappa shape index (κ1) is 21.3. The molecule has 6 heteroatoms. The summed E-state index contributed by atoms with van der Waals surface area (Å²) in [4.78, 5) is 13.1. The molecule has 29 heavy (non-hydrogen) atoms. The second-order valence-corrected chi connectivity index (χ2v) is 7.53. The van der Waals surface area contributed by atoms with E-state index < -0.39 is 6.10 Å². The molecule has 0 fully saturated rings. The predicted octanol–water partition coefficient (Wildman–Crippen LogP) is 1.71. The van der Waals surface area contributed by atoms with Gasteiger partial charge in [0.1, 0.15) is 18.5 Å². The summed E-state index contributed by atoms with van der Waals surface area (Å²) in [6.07, 6.45) is 0.500. The van der Waals surface area contributed by atoms with Crippen molar-refractivity contribution in [2.45, 2.75) is 32.5 Å². The third kappa shape index (κ3) is 7.16.